The fourth-order valence-electron chi connectivity index (χ4n) is 9.22. The first-order valence-corrected chi connectivity index (χ1v) is 31.8. The number of nitrogens with zero attached hydrogens (tertiary/aromatic N) is 1. The van der Waals surface area contributed by atoms with Crippen molar-refractivity contribution in [1.82, 2.24) is 10.2 Å². The van der Waals surface area contributed by atoms with E-state index in [0.717, 1.165) is 70.2 Å². The van der Waals surface area contributed by atoms with Gasteiger partial charge in [-0.25, -0.2) is 4.79 Å². The molecule has 0 aromatic heterocycles. The van der Waals surface area contributed by atoms with Gasteiger partial charge in [0.25, 0.3) is 0 Å². The molecule has 1 fully saturated rings. The average molecular weight is 994 g/mol. The van der Waals surface area contributed by atoms with Crippen LogP contribution in [0.5, 0.6) is 0 Å². The van der Waals surface area contributed by atoms with Crippen LogP contribution in [-0.4, -0.2) is 151 Å². The van der Waals surface area contributed by atoms with Crippen LogP contribution >= 0.6 is 30.9 Å². The third kappa shape index (κ3) is 17.3. The maximum atomic E-state index is 14.1. The molecule has 1 amide bonds. The van der Waals surface area contributed by atoms with E-state index in [4.69, 9.17) is 31.5 Å². The minimum atomic E-state index is -1.42. The number of nitrogens with one attached hydrogen (secondary N) is 1. The monoisotopic (exact) mass is 993 g/mol. The van der Waals surface area contributed by atoms with Gasteiger partial charge in [0, 0.05) is 45.5 Å². The van der Waals surface area contributed by atoms with Crippen molar-refractivity contribution in [1.29, 1.82) is 0 Å². The van der Waals surface area contributed by atoms with Gasteiger partial charge in [-0.3, -0.25) is 4.79 Å². The van der Waals surface area contributed by atoms with Crippen LogP contribution in [0.2, 0.25) is 0 Å². The Bertz CT molecular complexity index is 1510. The summed E-state index contributed by atoms with van der Waals surface area (Å²) in [5.74, 6) is 8.63. The van der Waals surface area contributed by atoms with Crippen LogP contribution in [0.1, 0.15) is 136 Å². The highest BCUT2D eigenvalue weighted by molar-refractivity contribution is 8.30. The first-order chi connectivity index (χ1) is 31.2. The fraction of sp³-hybridized carbons (Fsp3) is 0.846. The highest BCUT2D eigenvalue weighted by atomic mass is 32.3. The van der Waals surface area contributed by atoms with Crippen LogP contribution in [0, 0.1) is 11.8 Å². The van der Waals surface area contributed by atoms with Crippen LogP contribution in [0.15, 0.2) is 36.0 Å². The average Bonchev–Trinajstić information content (AvgIpc) is 4.09. The topological polar surface area (TPSA) is 117 Å². The lowest BCUT2D eigenvalue weighted by molar-refractivity contribution is -0.151. The summed E-state index contributed by atoms with van der Waals surface area (Å²) in [6.07, 6.45) is 11.4. The zero-order valence-corrected chi connectivity index (χ0v) is 47.6. The first kappa shape index (κ1) is 60.9. The van der Waals surface area contributed by atoms with Gasteiger partial charge in [-0.2, -0.15) is 0 Å². The molecule has 14 heteroatoms. The third-order valence-electron chi connectivity index (χ3n) is 14.7. The number of ether oxygens (including phenoxy) is 4. The molecule has 66 heavy (non-hydrogen) atoms. The normalized spacial score (nSPS) is 28.0. The minimum Gasteiger partial charge on any atom is -0.457 e. The van der Waals surface area contributed by atoms with E-state index in [-0.39, 0.29) is 48.6 Å². The van der Waals surface area contributed by atoms with Crippen molar-refractivity contribution in [2.75, 3.05) is 86.1 Å². The number of hydrogen-bond donors (Lipinski definition) is 1. The quantitative estimate of drug-likeness (QED) is 0.0351. The van der Waals surface area contributed by atoms with Gasteiger partial charge in [0.05, 0.1) is 36.4 Å². The number of esters is 1. The van der Waals surface area contributed by atoms with E-state index in [1.165, 1.54) is 0 Å². The molecule has 1 unspecified atom stereocenters. The lowest BCUT2D eigenvalue weighted by Crippen LogP contribution is -2.46. The second-order valence-corrected chi connectivity index (χ2v) is 30.4. The van der Waals surface area contributed by atoms with Crippen molar-refractivity contribution in [3.63, 3.8) is 0 Å². The molecule has 2 aliphatic rings. The number of allylic oxidation sites excluding steroid dienone is 2. The van der Waals surface area contributed by atoms with E-state index >= 15 is 0 Å². The second kappa shape index (κ2) is 28.6. The summed E-state index contributed by atoms with van der Waals surface area (Å²) < 4.78 is 46.8. The third-order valence-corrected chi connectivity index (χ3v) is 26.3. The summed E-state index contributed by atoms with van der Waals surface area (Å²) in [5, 5.41) is 3.10. The molecule has 0 spiro atoms. The number of likely N-dealkylation sites (N-methyl/N-ethyl adjacent to an activating group) is 2. The number of cyclic esters (lactones) is 1. The number of amides is 1. The predicted octanol–water partition coefficient (Wildman–Crippen LogP) is 11.9. The molecule has 1 saturated heterocycles. The van der Waals surface area contributed by atoms with Crippen molar-refractivity contribution in [2.24, 2.45) is 11.8 Å². The Morgan fingerprint density at radius 3 is 2.05 bits per heavy atom. The standard InChI is InChI=1S/C52H100N2O9S3/c1-19-44(62-65(23-5,24-6)25-7)42(13)49-45(58-49)39-51(14,63-66(26-8,27-9)28-10)34-29-30-40(11)48-41(12)31-32-46(59-50(56)54(17)37-36-53-16)52(15,57-18)35-33-43(38-47(55)60-48)61-64(20-2,21-3)22-4/h29-32,34,41-46,48-49,53H,19-28,33,35-39H2,1-18H3/b32-31+,34-29+,40-30+/t41-,42+,43+,44-,45?,46-,48+,49+,51-,52+/m0/s1. The Labute approximate surface area is 410 Å². The van der Waals surface area contributed by atoms with Crippen molar-refractivity contribution in [3.05, 3.63) is 36.0 Å². The molecule has 0 aromatic rings. The largest absolute Gasteiger partial charge is 0.457 e. The Hall–Kier alpha value is -1.23. The lowest BCUT2D eigenvalue weighted by atomic mass is 9.88. The number of carbonyl (C=O) groups is 2. The lowest BCUT2D eigenvalue weighted by Gasteiger charge is -2.44. The summed E-state index contributed by atoms with van der Waals surface area (Å²) in [5.41, 5.74) is -0.582. The van der Waals surface area contributed by atoms with Crippen LogP contribution in [-0.2, 0) is 36.3 Å². The Balaban J connectivity index is 2.62. The van der Waals surface area contributed by atoms with E-state index in [1.54, 1.807) is 19.1 Å². The zero-order valence-electron chi connectivity index (χ0n) is 45.2. The molecule has 2 rings (SSSR count). The molecule has 2 aliphatic heterocycles. The van der Waals surface area contributed by atoms with E-state index in [2.05, 4.69) is 107 Å². The van der Waals surface area contributed by atoms with Gasteiger partial charge in [0.1, 0.15) is 11.7 Å². The second-order valence-electron chi connectivity index (χ2n) is 18.9. The summed E-state index contributed by atoms with van der Waals surface area (Å²) in [7, 11) is 1.40. The van der Waals surface area contributed by atoms with E-state index in [0.29, 0.717) is 25.9 Å². The van der Waals surface area contributed by atoms with E-state index in [9.17, 15) is 9.59 Å². The summed E-state index contributed by atoms with van der Waals surface area (Å²) in [6.45, 7) is 34.0. The summed E-state index contributed by atoms with van der Waals surface area (Å²) >= 11 is 0. The maximum absolute atomic E-state index is 14.1. The predicted molar refractivity (Wildman–Crippen MR) is 287 cm³/mol. The number of hydrogen-bond acceptors (Lipinski definition) is 10. The van der Waals surface area contributed by atoms with Crippen molar-refractivity contribution in [3.8, 4) is 0 Å². The van der Waals surface area contributed by atoms with Gasteiger partial charge in [-0.15, -0.1) is 30.9 Å². The molecule has 0 aromatic carbocycles. The Kier molecular flexibility index (Phi) is 26.4. The Morgan fingerprint density at radius 1 is 0.955 bits per heavy atom. The smallest absolute Gasteiger partial charge is 0.410 e. The van der Waals surface area contributed by atoms with Crippen LogP contribution in [0.3, 0.4) is 0 Å². The van der Waals surface area contributed by atoms with Gasteiger partial charge in [-0.05, 0) is 111 Å². The fourth-order valence-corrected chi connectivity index (χ4v) is 16.6. The van der Waals surface area contributed by atoms with Gasteiger partial charge < -0.3 is 41.7 Å². The van der Waals surface area contributed by atoms with E-state index < -0.39 is 60.4 Å². The van der Waals surface area contributed by atoms with Gasteiger partial charge >= 0.3 is 12.1 Å². The molecular weight excluding hydrogens is 893 g/mol. The molecule has 0 radical (unpaired) electrons. The zero-order chi connectivity index (χ0) is 49.9. The molecule has 10 atom stereocenters. The SMILES string of the molecule is CC[C@H](OS(CC)(CC)CC)[C@@H](C)[C@H]1OC1C[C@](C)(/C=C/C=C(\C)[C@H]1OC(=O)C[C@H](OS(CC)(CC)CC)CC[C@@](C)(OC)[C@@H](OC(=O)N(C)CCNC)/C=C/[C@@H]1C)OS(CC)(CC)CC. The summed E-state index contributed by atoms with van der Waals surface area (Å²) in [4.78, 5) is 29.2. The van der Waals surface area contributed by atoms with E-state index in [1.807, 2.05) is 40.0 Å². The molecule has 0 bridgehead atoms. The molecule has 1 N–H and O–H groups in total. The number of carbonyl (C=O) groups excluding carboxylic acids is 2. The molecule has 0 aliphatic carbocycles. The molecule has 390 valence electrons. The highest BCUT2D eigenvalue weighted by Crippen LogP contribution is 2.55. The van der Waals surface area contributed by atoms with Crippen molar-refractivity contribution in [2.45, 2.75) is 184 Å². The maximum Gasteiger partial charge on any atom is 0.410 e. The van der Waals surface area contributed by atoms with Crippen molar-refractivity contribution < 1.29 is 41.1 Å². The van der Waals surface area contributed by atoms with Gasteiger partial charge in [0.15, 0.2) is 6.10 Å². The van der Waals surface area contributed by atoms with Gasteiger partial charge in [0.2, 0.25) is 0 Å². The van der Waals surface area contributed by atoms with Crippen LogP contribution in [0.4, 0.5) is 4.79 Å². The number of epoxide rings is 1. The molecule has 0 saturated carbocycles. The van der Waals surface area contributed by atoms with Crippen LogP contribution in [0.25, 0.3) is 0 Å². The van der Waals surface area contributed by atoms with Crippen LogP contribution < -0.4 is 5.32 Å². The molecule has 2 heterocycles. The van der Waals surface area contributed by atoms with Crippen molar-refractivity contribution >= 4 is 43.0 Å². The number of rotatable bonds is 28. The minimum absolute atomic E-state index is 0.0681. The highest BCUT2D eigenvalue weighted by Gasteiger charge is 2.50. The number of methoxy groups -OCH3 is 1. The first-order valence-electron chi connectivity index (χ1n) is 25.6. The Morgan fingerprint density at radius 2 is 1.53 bits per heavy atom. The van der Waals surface area contributed by atoms with Gasteiger partial charge in [-0.1, -0.05) is 107 Å². The molecular formula is C52H100N2O9S3. The summed E-state index contributed by atoms with van der Waals surface area (Å²) in [6, 6.07) is 0. The molecule has 11 nitrogen and oxygen atoms in total.